The molecule has 0 unspecified atom stereocenters. The normalized spacial score (nSPS) is 10.9. The first kappa shape index (κ1) is 14.3. The Morgan fingerprint density at radius 2 is 1.71 bits per heavy atom. The number of para-hydroxylation sites is 2. The zero-order valence-electron chi connectivity index (χ0n) is 13.1. The minimum absolute atomic E-state index is 0.347. The second-order valence-corrected chi connectivity index (χ2v) is 5.40. The number of aromatic nitrogens is 3. The number of benzene rings is 2. The number of fused-ring (bicyclic) bond motifs is 1. The third-order valence-electron chi connectivity index (χ3n) is 3.99. The molecule has 0 aliphatic rings. The van der Waals surface area contributed by atoms with E-state index in [0.29, 0.717) is 5.56 Å². The third-order valence-corrected chi connectivity index (χ3v) is 3.99. The van der Waals surface area contributed by atoms with Crippen LogP contribution in [0, 0.1) is 0 Å². The molecule has 24 heavy (non-hydrogen) atoms. The van der Waals surface area contributed by atoms with Gasteiger partial charge in [-0.1, -0.05) is 36.4 Å². The van der Waals surface area contributed by atoms with Gasteiger partial charge in [-0.2, -0.15) is 5.10 Å². The standard InChI is InChI=1S/C19H15N3O2/c1-24-19(23)17-13-21(18-10-6-5-9-16(17)18)15-11-20-22(12-15)14-7-3-2-4-8-14/h2-13H,1H3. The molecule has 4 aromatic rings. The van der Waals surface area contributed by atoms with Gasteiger partial charge in [-0.15, -0.1) is 0 Å². The van der Waals surface area contributed by atoms with Crippen molar-refractivity contribution in [3.8, 4) is 11.4 Å². The molecule has 0 N–H and O–H groups in total. The van der Waals surface area contributed by atoms with Crippen LogP contribution in [0.15, 0.2) is 73.2 Å². The average molecular weight is 317 g/mol. The average Bonchev–Trinajstić information content (AvgIpc) is 3.26. The van der Waals surface area contributed by atoms with Crippen LogP contribution in [0.1, 0.15) is 10.4 Å². The topological polar surface area (TPSA) is 49.1 Å². The van der Waals surface area contributed by atoms with Crippen molar-refractivity contribution in [2.24, 2.45) is 0 Å². The molecule has 2 aromatic heterocycles. The molecule has 4 rings (SSSR count). The molecule has 0 aliphatic heterocycles. The fourth-order valence-corrected chi connectivity index (χ4v) is 2.83. The lowest BCUT2D eigenvalue weighted by molar-refractivity contribution is 0.0603. The number of methoxy groups -OCH3 is 1. The summed E-state index contributed by atoms with van der Waals surface area (Å²) < 4.78 is 8.65. The van der Waals surface area contributed by atoms with E-state index in [2.05, 4.69) is 5.10 Å². The zero-order chi connectivity index (χ0) is 16.5. The maximum Gasteiger partial charge on any atom is 0.340 e. The van der Waals surface area contributed by atoms with Crippen molar-refractivity contribution in [3.05, 3.63) is 78.8 Å². The molecule has 118 valence electrons. The van der Waals surface area contributed by atoms with Crippen molar-refractivity contribution >= 4 is 16.9 Å². The molecule has 5 heteroatoms. The first-order valence-electron chi connectivity index (χ1n) is 7.57. The van der Waals surface area contributed by atoms with Crippen molar-refractivity contribution in [2.75, 3.05) is 7.11 Å². The van der Waals surface area contributed by atoms with E-state index in [1.807, 2.05) is 70.0 Å². The lowest BCUT2D eigenvalue weighted by atomic mass is 10.2. The summed E-state index contributed by atoms with van der Waals surface area (Å²) in [5.74, 6) is -0.347. The monoisotopic (exact) mass is 317 g/mol. The Hall–Kier alpha value is -3.34. The van der Waals surface area contributed by atoms with Gasteiger partial charge in [0.05, 0.1) is 42.0 Å². The predicted molar refractivity (Wildman–Crippen MR) is 91.7 cm³/mol. The van der Waals surface area contributed by atoms with Crippen molar-refractivity contribution in [1.82, 2.24) is 14.3 Å². The van der Waals surface area contributed by atoms with Gasteiger partial charge in [-0.3, -0.25) is 0 Å². The van der Waals surface area contributed by atoms with E-state index in [1.165, 1.54) is 7.11 Å². The number of carbonyl (C=O) groups is 1. The highest BCUT2D eigenvalue weighted by Gasteiger charge is 2.16. The van der Waals surface area contributed by atoms with Crippen molar-refractivity contribution in [2.45, 2.75) is 0 Å². The Morgan fingerprint density at radius 3 is 2.50 bits per heavy atom. The van der Waals surface area contributed by atoms with Crippen LogP contribution < -0.4 is 0 Å². The van der Waals surface area contributed by atoms with E-state index >= 15 is 0 Å². The van der Waals surface area contributed by atoms with Crippen LogP contribution in [-0.2, 0) is 4.74 Å². The fraction of sp³-hybridized carbons (Fsp3) is 0.0526. The summed E-state index contributed by atoms with van der Waals surface area (Å²) in [6.07, 6.45) is 5.51. The molecule has 2 aromatic carbocycles. The van der Waals surface area contributed by atoms with E-state index in [9.17, 15) is 4.79 Å². The highest BCUT2D eigenvalue weighted by atomic mass is 16.5. The Kier molecular flexibility index (Phi) is 3.39. The second kappa shape index (κ2) is 5.70. The van der Waals surface area contributed by atoms with Gasteiger partial charge in [-0.05, 0) is 18.2 Å². The summed E-state index contributed by atoms with van der Waals surface area (Å²) in [4.78, 5) is 12.0. The van der Waals surface area contributed by atoms with Gasteiger partial charge in [0, 0.05) is 11.6 Å². The largest absolute Gasteiger partial charge is 0.465 e. The van der Waals surface area contributed by atoms with E-state index in [1.54, 1.807) is 12.4 Å². The number of hydrogen-bond donors (Lipinski definition) is 0. The number of hydrogen-bond acceptors (Lipinski definition) is 3. The summed E-state index contributed by atoms with van der Waals surface area (Å²) >= 11 is 0. The second-order valence-electron chi connectivity index (χ2n) is 5.40. The molecule has 0 saturated heterocycles. The molecule has 0 aliphatic carbocycles. The number of ether oxygens (including phenoxy) is 1. The quantitative estimate of drug-likeness (QED) is 0.542. The molecule has 0 atom stereocenters. The van der Waals surface area contributed by atoms with Crippen molar-refractivity contribution < 1.29 is 9.53 Å². The molecule has 0 saturated carbocycles. The maximum atomic E-state index is 12.0. The minimum Gasteiger partial charge on any atom is -0.465 e. The smallest absolute Gasteiger partial charge is 0.340 e. The Morgan fingerprint density at radius 1 is 0.958 bits per heavy atom. The van der Waals surface area contributed by atoms with Crippen molar-refractivity contribution in [1.29, 1.82) is 0 Å². The van der Waals surface area contributed by atoms with Gasteiger partial charge in [-0.25, -0.2) is 9.48 Å². The highest BCUT2D eigenvalue weighted by Crippen LogP contribution is 2.25. The van der Waals surface area contributed by atoms with Crippen LogP contribution in [0.2, 0.25) is 0 Å². The first-order chi connectivity index (χ1) is 11.8. The molecule has 0 bridgehead atoms. The van der Waals surface area contributed by atoms with Gasteiger partial charge in [0.25, 0.3) is 0 Å². The highest BCUT2D eigenvalue weighted by molar-refractivity contribution is 6.04. The number of rotatable bonds is 3. The van der Waals surface area contributed by atoms with Crippen molar-refractivity contribution in [3.63, 3.8) is 0 Å². The first-order valence-corrected chi connectivity index (χ1v) is 7.57. The maximum absolute atomic E-state index is 12.0. The van der Waals surface area contributed by atoms with E-state index in [0.717, 1.165) is 22.3 Å². The van der Waals surface area contributed by atoms with Crippen LogP contribution in [0.3, 0.4) is 0 Å². The number of nitrogens with zero attached hydrogens (tertiary/aromatic N) is 3. The van der Waals surface area contributed by atoms with Crippen LogP contribution in [0.5, 0.6) is 0 Å². The van der Waals surface area contributed by atoms with E-state index in [-0.39, 0.29) is 5.97 Å². The fourth-order valence-electron chi connectivity index (χ4n) is 2.83. The van der Waals surface area contributed by atoms with Gasteiger partial charge in [0.15, 0.2) is 0 Å². The summed E-state index contributed by atoms with van der Waals surface area (Å²) in [5, 5.41) is 5.28. The molecule has 5 nitrogen and oxygen atoms in total. The zero-order valence-corrected chi connectivity index (χ0v) is 13.1. The summed E-state index contributed by atoms with van der Waals surface area (Å²) in [5.41, 5.74) is 3.34. The Labute approximate surface area is 138 Å². The molecule has 0 amide bonds. The molecule has 0 radical (unpaired) electrons. The summed E-state index contributed by atoms with van der Waals surface area (Å²) in [7, 11) is 1.39. The summed E-state index contributed by atoms with van der Waals surface area (Å²) in [6, 6.07) is 17.6. The number of carbonyl (C=O) groups excluding carboxylic acids is 1. The summed E-state index contributed by atoms with van der Waals surface area (Å²) in [6.45, 7) is 0. The van der Waals surface area contributed by atoms with Crippen LogP contribution >= 0.6 is 0 Å². The molecule has 0 fully saturated rings. The van der Waals surface area contributed by atoms with Crippen LogP contribution in [-0.4, -0.2) is 27.4 Å². The molecule has 0 spiro atoms. The van der Waals surface area contributed by atoms with Gasteiger partial charge >= 0.3 is 5.97 Å². The van der Waals surface area contributed by atoms with E-state index < -0.39 is 0 Å². The Balaban J connectivity index is 1.86. The molecular formula is C19H15N3O2. The minimum atomic E-state index is -0.347. The SMILES string of the molecule is COC(=O)c1cn(-c2cnn(-c3ccccc3)c2)c2ccccc12. The predicted octanol–water partition coefficient (Wildman–Crippen LogP) is 3.60. The lowest BCUT2D eigenvalue weighted by Crippen LogP contribution is -1.99. The van der Waals surface area contributed by atoms with Gasteiger partial charge < -0.3 is 9.30 Å². The number of esters is 1. The van der Waals surface area contributed by atoms with Crippen LogP contribution in [0.4, 0.5) is 0 Å². The third kappa shape index (κ3) is 2.27. The molecule has 2 heterocycles. The van der Waals surface area contributed by atoms with Crippen LogP contribution in [0.25, 0.3) is 22.3 Å². The van der Waals surface area contributed by atoms with E-state index in [4.69, 9.17) is 4.74 Å². The molecular weight excluding hydrogens is 302 g/mol. The lowest BCUT2D eigenvalue weighted by Gasteiger charge is -2.01. The Bertz CT molecular complexity index is 1020. The van der Waals surface area contributed by atoms with Gasteiger partial charge in [0.2, 0.25) is 0 Å². The van der Waals surface area contributed by atoms with Gasteiger partial charge in [0.1, 0.15) is 0 Å².